The highest BCUT2D eigenvalue weighted by Crippen LogP contribution is 2.32. The highest BCUT2D eigenvalue weighted by atomic mass is 35.5. The standard InChI is InChI=1S/C23H21ClN4O4/c1-27-18-8-9-28(23(30)15-4-2-3-5-17(15)24)12-16(18)21(26-27)22(29)25-11-14-6-7-19-20(10-14)32-13-31-19/h2-7,10H,8-9,11-13H2,1H3,(H,25,29). The van der Waals surface area contributed by atoms with Crippen LogP contribution in [0.1, 0.15) is 37.7 Å². The summed E-state index contributed by atoms with van der Waals surface area (Å²) in [5, 5.41) is 7.77. The zero-order valence-electron chi connectivity index (χ0n) is 17.4. The van der Waals surface area contributed by atoms with E-state index in [0.29, 0.717) is 53.8 Å². The average molecular weight is 453 g/mol. The topological polar surface area (TPSA) is 85.7 Å². The quantitative estimate of drug-likeness (QED) is 0.657. The minimum Gasteiger partial charge on any atom is -0.454 e. The molecule has 2 aliphatic rings. The summed E-state index contributed by atoms with van der Waals surface area (Å²) in [5.74, 6) is 0.922. The van der Waals surface area contributed by atoms with E-state index in [0.717, 1.165) is 16.8 Å². The average Bonchev–Trinajstić information content (AvgIpc) is 3.41. The molecule has 3 aromatic rings. The molecule has 9 heteroatoms. The molecule has 0 bridgehead atoms. The van der Waals surface area contributed by atoms with Crippen LogP contribution in [0.4, 0.5) is 0 Å². The number of carbonyl (C=O) groups excluding carboxylic acids is 2. The Hall–Kier alpha value is -3.52. The van der Waals surface area contributed by atoms with Gasteiger partial charge in [-0.05, 0) is 29.8 Å². The first-order valence-electron chi connectivity index (χ1n) is 10.3. The third kappa shape index (κ3) is 3.67. The highest BCUT2D eigenvalue weighted by Gasteiger charge is 2.30. The number of aryl methyl sites for hydroxylation is 1. The summed E-state index contributed by atoms with van der Waals surface area (Å²) < 4.78 is 12.4. The molecular formula is C23H21ClN4O4. The lowest BCUT2D eigenvalue weighted by Crippen LogP contribution is -2.37. The first-order valence-corrected chi connectivity index (χ1v) is 10.6. The maximum absolute atomic E-state index is 13.0. The van der Waals surface area contributed by atoms with Crippen molar-refractivity contribution in [2.24, 2.45) is 7.05 Å². The van der Waals surface area contributed by atoms with Gasteiger partial charge in [0.15, 0.2) is 17.2 Å². The van der Waals surface area contributed by atoms with Crippen LogP contribution in [0.2, 0.25) is 5.02 Å². The number of halogens is 1. The van der Waals surface area contributed by atoms with Gasteiger partial charge in [0.2, 0.25) is 6.79 Å². The monoisotopic (exact) mass is 452 g/mol. The van der Waals surface area contributed by atoms with E-state index < -0.39 is 0 Å². The van der Waals surface area contributed by atoms with E-state index in [9.17, 15) is 9.59 Å². The number of benzene rings is 2. The van der Waals surface area contributed by atoms with Gasteiger partial charge in [0.1, 0.15) is 0 Å². The summed E-state index contributed by atoms with van der Waals surface area (Å²) >= 11 is 6.21. The van der Waals surface area contributed by atoms with E-state index in [-0.39, 0.29) is 18.6 Å². The van der Waals surface area contributed by atoms with E-state index >= 15 is 0 Å². The molecule has 2 aliphatic heterocycles. The highest BCUT2D eigenvalue weighted by molar-refractivity contribution is 6.33. The van der Waals surface area contributed by atoms with Gasteiger partial charge < -0.3 is 19.7 Å². The molecule has 0 saturated carbocycles. The molecule has 0 unspecified atom stereocenters. The number of nitrogens with zero attached hydrogens (tertiary/aromatic N) is 3. The van der Waals surface area contributed by atoms with Crippen molar-refractivity contribution in [3.63, 3.8) is 0 Å². The van der Waals surface area contributed by atoms with Crippen LogP contribution in [-0.2, 0) is 26.6 Å². The molecule has 32 heavy (non-hydrogen) atoms. The van der Waals surface area contributed by atoms with E-state index in [1.165, 1.54) is 0 Å². The third-order valence-electron chi connectivity index (χ3n) is 5.74. The summed E-state index contributed by atoms with van der Waals surface area (Å²) in [5.41, 5.74) is 3.40. The second kappa shape index (κ2) is 8.20. The molecule has 2 aromatic carbocycles. The van der Waals surface area contributed by atoms with Gasteiger partial charge in [0, 0.05) is 37.8 Å². The maximum atomic E-state index is 13.0. The molecule has 0 aliphatic carbocycles. The summed E-state index contributed by atoms with van der Waals surface area (Å²) in [6.45, 7) is 1.37. The van der Waals surface area contributed by atoms with Crippen molar-refractivity contribution in [1.29, 1.82) is 0 Å². The van der Waals surface area contributed by atoms with Gasteiger partial charge in [-0.15, -0.1) is 0 Å². The molecule has 0 fully saturated rings. The predicted octanol–water partition coefficient (Wildman–Crippen LogP) is 2.93. The lowest BCUT2D eigenvalue weighted by Gasteiger charge is -2.28. The Kier molecular flexibility index (Phi) is 5.22. The maximum Gasteiger partial charge on any atom is 0.272 e. The SMILES string of the molecule is Cn1nc(C(=O)NCc2ccc3c(c2)OCO3)c2c1CCN(C(=O)c1ccccc1Cl)C2. The van der Waals surface area contributed by atoms with Gasteiger partial charge >= 0.3 is 0 Å². The van der Waals surface area contributed by atoms with Gasteiger partial charge in [0.05, 0.1) is 17.1 Å². The van der Waals surface area contributed by atoms with Crippen LogP contribution in [0.25, 0.3) is 0 Å². The molecule has 8 nitrogen and oxygen atoms in total. The number of rotatable bonds is 4. The predicted molar refractivity (Wildman–Crippen MR) is 117 cm³/mol. The van der Waals surface area contributed by atoms with Crippen molar-refractivity contribution in [1.82, 2.24) is 20.0 Å². The summed E-state index contributed by atoms with van der Waals surface area (Å²) in [7, 11) is 1.82. The Morgan fingerprint density at radius 2 is 1.97 bits per heavy atom. The Bertz CT molecular complexity index is 1220. The fraction of sp³-hybridized carbons (Fsp3) is 0.261. The minimum atomic E-state index is -0.286. The molecule has 5 rings (SSSR count). The Morgan fingerprint density at radius 1 is 1.16 bits per heavy atom. The summed E-state index contributed by atoms with van der Waals surface area (Å²) in [6, 6.07) is 12.5. The van der Waals surface area contributed by atoms with Gasteiger partial charge in [-0.3, -0.25) is 14.3 Å². The first-order chi connectivity index (χ1) is 15.5. The fourth-order valence-corrected chi connectivity index (χ4v) is 4.29. The fourth-order valence-electron chi connectivity index (χ4n) is 4.07. The number of fused-ring (bicyclic) bond motifs is 2. The van der Waals surface area contributed by atoms with Gasteiger partial charge in [0.25, 0.3) is 11.8 Å². The molecule has 0 radical (unpaired) electrons. The number of amides is 2. The minimum absolute atomic E-state index is 0.156. The first kappa shape index (κ1) is 20.4. The molecular weight excluding hydrogens is 432 g/mol. The second-order valence-corrected chi connectivity index (χ2v) is 8.13. The number of hydrogen-bond donors (Lipinski definition) is 1. The molecule has 3 heterocycles. The molecule has 0 saturated heterocycles. The molecule has 164 valence electrons. The van der Waals surface area contributed by atoms with Crippen molar-refractivity contribution in [2.45, 2.75) is 19.5 Å². The van der Waals surface area contributed by atoms with E-state index in [4.69, 9.17) is 21.1 Å². The van der Waals surface area contributed by atoms with Crippen LogP contribution in [0.15, 0.2) is 42.5 Å². The van der Waals surface area contributed by atoms with Crippen LogP contribution in [0, 0.1) is 0 Å². The molecule has 2 amide bonds. The third-order valence-corrected chi connectivity index (χ3v) is 6.07. The Morgan fingerprint density at radius 3 is 2.81 bits per heavy atom. The molecule has 0 spiro atoms. The van der Waals surface area contributed by atoms with Gasteiger partial charge in [-0.25, -0.2) is 0 Å². The van der Waals surface area contributed by atoms with E-state index in [2.05, 4.69) is 10.4 Å². The van der Waals surface area contributed by atoms with E-state index in [1.807, 2.05) is 25.2 Å². The van der Waals surface area contributed by atoms with Crippen LogP contribution in [0.5, 0.6) is 11.5 Å². The lowest BCUT2D eigenvalue weighted by atomic mass is 10.0. The molecule has 1 N–H and O–H groups in total. The molecule has 1 aromatic heterocycles. The normalized spacial score (nSPS) is 14.2. The zero-order chi connectivity index (χ0) is 22.2. The molecule has 0 atom stereocenters. The van der Waals surface area contributed by atoms with Crippen LogP contribution in [0.3, 0.4) is 0 Å². The largest absolute Gasteiger partial charge is 0.454 e. The van der Waals surface area contributed by atoms with Crippen molar-refractivity contribution < 1.29 is 19.1 Å². The Labute approximate surface area is 189 Å². The van der Waals surface area contributed by atoms with Crippen molar-refractivity contribution in [3.05, 3.63) is 75.6 Å². The number of carbonyl (C=O) groups is 2. The number of aromatic nitrogens is 2. The summed E-state index contributed by atoms with van der Waals surface area (Å²) in [4.78, 5) is 27.7. The van der Waals surface area contributed by atoms with Crippen LogP contribution < -0.4 is 14.8 Å². The van der Waals surface area contributed by atoms with Crippen molar-refractivity contribution in [2.75, 3.05) is 13.3 Å². The van der Waals surface area contributed by atoms with Crippen LogP contribution in [-0.4, -0.2) is 39.8 Å². The Balaban J connectivity index is 1.33. The van der Waals surface area contributed by atoms with Gasteiger partial charge in [-0.2, -0.15) is 5.10 Å². The van der Waals surface area contributed by atoms with Crippen molar-refractivity contribution >= 4 is 23.4 Å². The summed E-state index contributed by atoms with van der Waals surface area (Å²) in [6.07, 6.45) is 0.616. The van der Waals surface area contributed by atoms with E-state index in [1.54, 1.807) is 33.8 Å². The number of ether oxygens (including phenoxy) is 2. The smallest absolute Gasteiger partial charge is 0.272 e. The zero-order valence-corrected chi connectivity index (χ0v) is 18.2. The second-order valence-electron chi connectivity index (χ2n) is 7.72. The van der Waals surface area contributed by atoms with Gasteiger partial charge in [-0.1, -0.05) is 29.8 Å². The number of nitrogens with one attached hydrogen (secondary N) is 1. The lowest BCUT2D eigenvalue weighted by molar-refractivity contribution is 0.0730. The number of hydrogen-bond acceptors (Lipinski definition) is 5. The van der Waals surface area contributed by atoms with Crippen molar-refractivity contribution in [3.8, 4) is 11.5 Å². The van der Waals surface area contributed by atoms with Crippen LogP contribution >= 0.6 is 11.6 Å².